The van der Waals surface area contributed by atoms with Crippen LogP contribution in [0.25, 0.3) is 0 Å². The van der Waals surface area contributed by atoms with Gasteiger partial charge in [0.15, 0.2) is 0 Å². The van der Waals surface area contributed by atoms with Gasteiger partial charge in [-0.25, -0.2) is 9.59 Å². The zero-order chi connectivity index (χ0) is 15.9. The summed E-state index contributed by atoms with van der Waals surface area (Å²) in [7, 11) is 0. The summed E-state index contributed by atoms with van der Waals surface area (Å²) < 4.78 is 10.6. The van der Waals surface area contributed by atoms with Crippen LogP contribution in [0.1, 0.15) is 34.6 Å². The van der Waals surface area contributed by atoms with Crippen LogP contribution in [0.2, 0.25) is 0 Å². The molecule has 4 heteroatoms. The highest BCUT2D eigenvalue weighted by Crippen LogP contribution is 2.11. The molecule has 2 atom stereocenters. The van der Waals surface area contributed by atoms with Crippen molar-refractivity contribution in [1.82, 2.24) is 0 Å². The van der Waals surface area contributed by atoms with Gasteiger partial charge in [-0.3, -0.25) is 0 Å². The maximum atomic E-state index is 12.0. The molecule has 0 saturated carbocycles. The summed E-state index contributed by atoms with van der Waals surface area (Å²) >= 11 is 0. The Kier molecular flexibility index (Phi) is 5.31. The van der Waals surface area contributed by atoms with Gasteiger partial charge in [-0.15, -0.1) is 0 Å². The van der Waals surface area contributed by atoms with Crippen LogP contribution in [0, 0.1) is 0 Å². The molecule has 2 aromatic carbocycles. The van der Waals surface area contributed by atoms with E-state index in [9.17, 15) is 9.59 Å². The first-order valence-corrected chi connectivity index (χ1v) is 7.10. The van der Waals surface area contributed by atoms with Gasteiger partial charge in [-0.05, 0) is 38.1 Å². The monoisotopic (exact) mass is 298 g/mol. The van der Waals surface area contributed by atoms with Crippen molar-refractivity contribution in [3.63, 3.8) is 0 Å². The van der Waals surface area contributed by atoms with Crippen LogP contribution in [0.15, 0.2) is 60.7 Å². The minimum Gasteiger partial charge on any atom is -0.455 e. The summed E-state index contributed by atoms with van der Waals surface area (Å²) in [5.41, 5.74) is 0.937. The van der Waals surface area contributed by atoms with E-state index in [0.717, 1.165) is 0 Å². The Hall–Kier alpha value is -2.62. The van der Waals surface area contributed by atoms with Crippen molar-refractivity contribution >= 4 is 11.9 Å². The number of hydrogen-bond donors (Lipinski definition) is 0. The third kappa shape index (κ3) is 4.19. The second-order valence-corrected chi connectivity index (χ2v) is 4.95. The van der Waals surface area contributed by atoms with Crippen LogP contribution >= 0.6 is 0 Å². The molecule has 22 heavy (non-hydrogen) atoms. The van der Waals surface area contributed by atoms with Crippen molar-refractivity contribution in [3.05, 3.63) is 71.8 Å². The molecule has 0 spiro atoms. The van der Waals surface area contributed by atoms with Crippen molar-refractivity contribution < 1.29 is 19.1 Å². The molecule has 0 aromatic heterocycles. The molecule has 114 valence electrons. The third-order valence-corrected chi connectivity index (χ3v) is 3.27. The Morgan fingerprint density at radius 1 is 0.682 bits per heavy atom. The van der Waals surface area contributed by atoms with Crippen molar-refractivity contribution in [3.8, 4) is 0 Å². The maximum Gasteiger partial charge on any atom is 0.338 e. The van der Waals surface area contributed by atoms with E-state index in [1.807, 2.05) is 12.1 Å². The Labute approximate surface area is 129 Å². The third-order valence-electron chi connectivity index (χ3n) is 3.27. The van der Waals surface area contributed by atoms with Gasteiger partial charge in [-0.1, -0.05) is 36.4 Å². The van der Waals surface area contributed by atoms with Crippen molar-refractivity contribution in [2.24, 2.45) is 0 Å². The fraction of sp³-hybridized carbons (Fsp3) is 0.222. The molecule has 0 N–H and O–H groups in total. The number of benzene rings is 2. The molecule has 0 unspecified atom stereocenters. The van der Waals surface area contributed by atoms with E-state index in [1.165, 1.54) is 0 Å². The van der Waals surface area contributed by atoms with E-state index in [4.69, 9.17) is 9.47 Å². The second kappa shape index (κ2) is 7.41. The summed E-state index contributed by atoms with van der Waals surface area (Å²) in [5.74, 6) is -0.869. The number of rotatable bonds is 5. The lowest BCUT2D eigenvalue weighted by Gasteiger charge is -2.20. The van der Waals surface area contributed by atoms with Crippen LogP contribution in [-0.4, -0.2) is 24.1 Å². The van der Waals surface area contributed by atoms with Crippen LogP contribution in [-0.2, 0) is 9.47 Å². The predicted octanol–water partition coefficient (Wildman–Crippen LogP) is 3.48. The van der Waals surface area contributed by atoms with E-state index in [0.29, 0.717) is 11.1 Å². The normalized spacial score (nSPS) is 13.0. The van der Waals surface area contributed by atoms with Gasteiger partial charge >= 0.3 is 11.9 Å². The summed E-state index contributed by atoms with van der Waals surface area (Å²) in [6.07, 6.45) is -1.08. The zero-order valence-corrected chi connectivity index (χ0v) is 12.6. The molecule has 0 radical (unpaired) electrons. The molecule has 0 heterocycles. The Balaban J connectivity index is 1.91. The fourth-order valence-electron chi connectivity index (χ4n) is 1.81. The minimum absolute atomic E-state index is 0.435. The molecule has 0 aliphatic rings. The number of carbonyl (C=O) groups excluding carboxylic acids is 2. The molecule has 0 fully saturated rings. The van der Waals surface area contributed by atoms with Gasteiger partial charge < -0.3 is 9.47 Å². The van der Waals surface area contributed by atoms with Gasteiger partial charge in [0.05, 0.1) is 11.1 Å². The number of carbonyl (C=O) groups is 2. The van der Waals surface area contributed by atoms with E-state index in [1.54, 1.807) is 62.4 Å². The van der Waals surface area contributed by atoms with E-state index in [2.05, 4.69) is 0 Å². The first-order valence-electron chi connectivity index (χ1n) is 7.10. The van der Waals surface area contributed by atoms with E-state index < -0.39 is 24.1 Å². The van der Waals surface area contributed by atoms with Crippen LogP contribution in [0.4, 0.5) is 0 Å². The topological polar surface area (TPSA) is 52.6 Å². The summed E-state index contributed by atoms with van der Waals surface area (Å²) in [6, 6.07) is 17.4. The first-order chi connectivity index (χ1) is 10.6. The molecular formula is C18H18O4. The number of hydrogen-bond acceptors (Lipinski definition) is 4. The summed E-state index contributed by atoms with van der Waals surface area (Å²) in [4.78, 5) is 23.9. The molecule has 0 aliphatic heterocycles. The second-order valence-electron chi connectivity index (χ2n) is 4.95. The van der Waals surface area contributed by atoms with Crippen LogP contribution in [0.5, 0.6) is 0 Å². The van der Waals surface area contributed by atoms with E-state index in [-0.39, 0.29) is 0 Å². The van der Waals surface area contributed by atoms with Crippen molar-refractivity contribution in [2.75, 3.05) is 0 Å². The molecular weight excluding hydrogens is 280 g/mol. The molecule has 0 aliphatic carbocycles. The van der Waals surface area contributed by atoms with E-state index >= 15 is 0 Å². The zero-order valence-electron chi connectivity index (χ0n) is 12.6. The summed E-state index contributed by atoms with van der Waals surface area (Å²) in [5, 5.41) is 0. The standard InChI is InChI=1S/C18H18O4/c1-13(21-17(19)15-9-5-3-6-10-15)14(2)22-18(20)16-11-7-4-8-12-16/h3-14H,1-2H3/t13-,14+. The minimum atomic E-state index is -0.541. The van der Waals surface area contributed by atoms with Crippen molar-refractivity contribution in [2.45, 2.75) is 26.1 Å². The molecule has 0 saturated heterocycles. The lowest BCUT2D eigenvalue weighted by Crippen LogP contribution is -2.30. The summed E-state index contributed by atoms with van der Waals surface area (Å²) in [6.45, 7) is 3.40. The van der Waals surface area contributed by atoms with Gasteiger partial charge in [0.2, 0.25) is 0 Å². The van der Waals surface area contributed by atoms with Gasteiger partial charge in [0.25, 0.3) is 0 Å². The fourth-order valence-corrected chi connectivity index (χ4v) is 1.81. The number of ether oxygens (including phenoxy) is 2. The largest absolute Gasteiger partial charge is 0.455 e. The maximum absolute atomic E-state index is 12.0. The van der Waals surface area contributed by atoms with Crippen LogP contribution < -0.4 is 0 Å². The molecule has 2 rings (SSSR count). The highest BCUT2D eigenvalue weighted by atomic mass is 16.6. The van der Waals surface area contributed by atoms with Gasteiger partial charge in [-0.2, -0.15) is 0 Å². The molecule has 4 nitrogen and oxygen atoms in total. The molecule has 0 amide bonds. The SMILES string of the molecule is C[C@H](OC(=O)c1ccccc1)[C@@H](C)OC(=O)c1ccccc1. The highest BCUT2D eigenvalue weighted by Gasteiger charge is 2.21. The average molecular weight is 298 g/mol. The van der Waals surface area contributed by atoms with Crippen molar-refractivity contribution in [1.29, 1.82) is 0 Å². The lowest BCUT2D eigenvalue weighted by atomic mass is 10.2. The van der Waals surface area contributed by atoms with Gasteiger partial charge in [0.1, 0.15) is 12.2 Å². The quantitative estimate of drug-likeness (QED) is 0.793. The average Bonchev–Trinajstić information content (AvgIpc) is 2.56. The lowest BCUT2D eigenvalue weighted by molar-refractivity contribution is -0.0239. The van der Waals surface area contributed by atoms with Crippen LogP contribution in [0.3, 0.4) is 0 Å². The first kappa shape index (κ1) is 15.8. The molecule has 2 aromatic rings. The highest BCUT2D eigenvalue weighted by molar-refractivity contribution is 5.90. The predicted molar refractivity (Wildman–Crippen MR) is 82.6 cm³/mol. The smallest absolute Gasteiger partial charge is 0.338 e. The Morgan fingerprint density at radius 2 is 1.00 bits per heavy atom. The molecule has 0 bridgehead atoms. The van der Waals surface area contributed by atoms with Gasteiger partial charge in [0, 0.05) is 0 Å². The Morgan fingerprint density at radius 3 is 1.32 bits per heavy atom. The Bertz CT molecular complexity index is 565. The number of esters is 2.